The maximum atomic E-state index is 11.8. The van der Waals surface area contributed by atoms with Crippen molar-refractivity contribution in [3.63, 3.8) is 0 Å². The summed E-state index contributed by atoms with van der Waals surface area (Å²) >= 11 is 0. The molecule has 0 spiro atoms. The Labute approximate surface area is 254 Å². The molecule has 0 aliphatic heterocycles. The zero-order chi connectivity index (χ0) is 24.3. The van der Waals surface area contributed by atoms with Crippen LogP contribution in [0.5, 0.6) is 11.5 Å². The van der Waals surface area contributed by atoms with Crippen LogP contribution >= 0.6 is 0 Å². The number of rotatable bonds is 15. The molecule has 0 fully saturated rings. The van der Waals surface area contributed by atoms with Gasteiger partial charge in [0.1, 0.15) is 31.7 Å². The van der Waals surface area contributed by atoms with Crippen LogP contribution in [0.4, 0.5) is 0 Å². The van der Waals surface area contributed by atoms with Gasteiger partial charge in [-0.15, -0.1) is 0 Å². The minimum atomic E-state index is -4.78. The van der Waals surface area contributed by atoms with E-state index in [2.05, 4.69) is 6.92 Å². The first-order valence-electron chi connectivity index (χ1n) is 11.4. The summed E-state index contributed by atoms with van der Waals surface area (Å²) in [5.41, 5.74) is 0.590. The van der Waals surface area contributed by atoms with E-state index in [1.807, 2.05) is 0 Å². The minimum Gasteiger partial charge on any atom is -0.744 e. The average molecular weight is 543 g/mol. The second kappa shape index (κ2) is 17.5. The van der Waals surface area contributed by atoms with Crippen molar-refractivity contribution in [2.45, 2.75) is 87.3 Å². The molecule has 2 aromatic carbocycles. The summed E-state index contributed by atoms with van der Waals surface area (Å²) in [6.07, 6.45) is 12.2. The molecule has 11 heteroatoms. The molecular weight excluding hydrogens is 510 g/mol. The Morgan fingerprint density at radius 2 is 1.20 bits per heavy atom. The van der Waals surface area contributed by atoms with Gasteiger partial charge in [0.25, 0.3) is 0 Å². The van der Waals surface area contributed by atoms with E-state index in [4.69, 9.17) is 4.74 Å². The third kappa shape index (κ3) is 12.9. The fraction of sp³-hybridized carbons (Fsp3) is 0.500. The summed E-state index contributed by atoms with van der Waals surface area (Å²) in [6, 6.07) is 9.08. The zero-order valence-electron chi connectivity index (χ0n) is 21.0. The van der Waals surface area contributed by atoms with Gasteiger partial charge in [-0.3, -0.25) is 0 Å². The summed E-state index contributed by atoms with van der Waals surface area (Å²) in [5.74, 6) is 0.0731. The molecule has 0 aliphatic rings. The Bertz CT molecular complexity index is 1090. The van der Waals surface area contributed by atoms with Crippen molar-refractivity contribution in [1.29, 1.82) is 0 Å². The van der Waals surface area contributed by atoms with Crippen molar-refractivity contribution >= 4 is 20.2 Å². The van der Waals surface area contributed by atoms with Gasteiger partial charge in [-0.05, 0) is 48.7 Å². The molecule has 0 radical (unpaired) electrons. The predicted octanol–water partition coefficient (Wildman–Crippen LogP) is -0.241. The van der Waals surface area contributed by atoms with Gasteiger partial charge in [0, 0.05) is 0 Å². The topological polar surface area (TPSA) is 124 Å². The molecule has 0 aliphatic carbocycles. The molecule has 7 nitrogen and oxygen atoms in total. The van der Waals surface area contributed by atoms with E-state index < -0.39 is 30.0 Å². The first kappa shape index (κ1) is 35.1. The second-order valence-electron chi connectivity index (χ2n) is 8.16. The van der Waals surface area contributed by atoms with Crippen LogP contribution in [-0.4, -0.2) is 25.9 Å². The molecule has 0 heterocycles. The largest absolute Gasteiger partial charge is 1.00 e. The third-order valence-electron chi connectivity index (χ3n) is 5.46. The van der Waals surface area contributed by atoms with Crippen LogP contribution in [0.25, 0.3) is 0 Å². The SMILES string of the molecule is CCCCCCCCCCCCc1cccc(S(=O)(=O)[O-])c1Oc1ccc(S(=O)(=O)[O-])cc1.[Na+].[Na+]. The molecule has 2 aromatic rings. The summed E-state index contributed by atoms with van der Waals surface area (Å²) < 4.78 is 74.3. The predicted molar refractivity (Wildman–Crippen MR) is 124 cm³/mol. The van der Waals surface area contributed by atoms with Crippen molar-refractivity contribution in [3.05, 3.63) is 48.0 Å². The van der Waals surface area contributed by atoms with Crippen molar-refractivity contribution in [3.8, 4) is 11.5 Å². The van der Waals surface area contributed by atoms with Crippen LogP contribution in [0.1, 0.15) is 76.7 Å². The minimum absolute atomic E-state index is 0. The Kier molecular flexibility index (Phi) is 17.6. The Morgan fingerprint density at radius 1 is 0.686 bits per heavy atom. The first-order chi connectivity index (χ1) is 15.6. The average Bonchev–Trinajstić information content (AvgIpc) is 2.75. The maximum absolute atomic E-state index is 11.8. The molecule has 2 rings (SSSR count). The molecule has 0 unspecified atom stereocenters. The van der Waals surface area contributed by atoms with E-state index in [1.165, 1.54) is 69.2 Å². The van der Waals surface area contributed by atoms with E-state index in [-0.39, 0.29) is 70.6 Å². The van der Waals surface area contributed by atoms with E-state index >= 15 is 0 Å². The fourth-order valence-electron chi connectivity index (χ4n) is 3.67. The van der Waals surface area contributed by atoms with Crippen molar-refractivity contribution in [2.24, 2.45) is 0 Å². The van der Waals surface area contributed by atoms with Crippen LogP contribution in [0, 0.1) is 0 Å². The van der Waals surface area contributed by atoms with Crippen LogP contribution in [0.15, 0.2) is 52.3 Å². The van der Waals surface area contributed by atoms with Crippen molar-refractivity contribution < 1.29 is 89.8 Å². The second-order valence-corrected chi connectivity index (χ2v) is 10.9. The Morgan fingerprint density at radius 3 is 1.69 bits per heavy atom. The standard InChI is InChI=1S/C24H34O7S2.2Na/c1-2-3-4-5-6-7-8-9-10-11-13-20-14-12-15-23(33(28,29)30)24(20)31-21-16-18-22(19-17-21)32(25,26)27;;/h12,14-19H,2-11,13H2,1H3,(H,25,26,27)(H,28,29,30);;/q;2*+1/p-2. The number of hydrogen-bond acceptors (Lipinski definition) is 7. The Balaban J connectivity index is 0.00000578. The normalized spacial score (nSPS) is 11.4. The number of benzene rings is 2. The van der Waals surface area contributed by atoms with Crippen molar-refractivity contribution in [2.75, 3.05) is 0 Å². The summed E-state index contributed by atoms with van der Waals surface area (Å²) in [5, 5.41) is 0. The first-order valence-corrected chi connectivity index (χ1v) is 14.3. The summed E-state index contributed by atoms with van der Waals surface area (Å²) in [6.45, 7) is 2.20. The summed E-state index contributed by atoms with van der Waals surface area (Å²) in [4.78, 5) is -0.891. The molecule has 0 saturated carbocycles. The molecule has 0 atom stereocenters. The number of para-hydroxylation sites is 1. The van der Waals surface area contributed by atoms with Crippen LogP contribution in [0.2, 0.25) is 0 Å². The molecule has 184 valence electrons. The van der Waals surface area contributed by atoms with Crippen molar-refractivity contribution in [1.82, 2.24) is 0 Å². The summed E-state index contributed by atoms with van der Waals surface area (Å²) in [7, 11) is -9.39. The number of unbranched alkanes of at least 4 members (excludes halogenated alkanes) is 9. The molecule has 0 bridgehead atoms. The van der Waals surface area contributed by atoms with E-state index in [9.17, 15) is 25.9 Å². The molecule has 0 aromatic heterocycles. The van der Waals surface area contributed by atoms with Gasteiger partial charge in [-0.2, -0.15) is 0 Å². The van der Waals surface area contributed by atoms with Gasteiger partial charge in [0.05, 0.1) is 9.79 Å². The molecule has 35 heavy (non-hydrogen) atoms. The number of ether oxygens (including phenoxy) is 1. The molecule has 0 amide bonds. The van der Waals surface area contributed by atoms with Gasteiger partial charge < -0.3 is 13.8 Å². The zero-order valence-corrected chi connectivity index (χ0v) is 26.6. The third-order valence-corrected chi connectivity index (χ3v) is 7.17. The van der Waals surface area contributed by atoms with E-state index in [1.54, 1.807) is 6.07 Å². The van der Waals surface area contributed by atoms with Gasteiger partial charge >= 0.3 is 59.1 Å². The number of aryl methyl sites for hydroxylation is 1. The van der Waals surface area contributed by atoms with E-state index in [0.29, 0.717) is 12.0 Å². The smallest absolute Gasteiger partial charge is 0.744 e. The molecule has 0 saturated heterocycles. The maximum Gasteiger partial charge on any atom is 1.00 e. The van der Waals surface area contributed by atoms with Gasteiger partial charge in [-0.1, -0.05) is 76.8 Å². The fourth-order valence-corrected chi connectivity index (χ4v) is 4.78. The van der Waals surface area contributed by atoms with Crippen LogP contribution in [-0.2, 0) is 26.7 Å². The number of hydrogen-bond donors (Lipinski definition) is 0. The van der Waals surface area contributed by atoms with Crippen LogP contribution < -0.4 is 63.9 Å². The van der Waals surface area contributed by atoms with Gasteiger partial charge in [-0.25, -0.2) is 16.8 Å². The van der Waals surface area contributed by atoms with Gasteiger partial charge in [0.15, 0.2) is 0 Å². The molecule has 0 N–H and O–H groups in total. The quantitative estimate of drug-likeness (QED) is 0.173. The van der Waals surface area contributed by atoms with Gasteiger partial charge in [0.2, 0.25) is 0 Å². The van der Waals surface area contributed by atoms with E-state index in [0.717, 1.165) is 31.4 Å². The molecular formula is C24H32Na2O7S2. The Hall–Kier alpha value is 0.0600. The van der Waals surface area contributed by atoms with Crippen LogP contribution in [0.3, 0.4) is 0 Å². The monoisotopic (exact) mass is 542 g/mol.